The molecule has 0 aliphatic carbocycles. The Morgan fingerprint density at radius 3 is 3.00 bits per heavy atom. The Hall–Kier alpha value is -0.940. The molecule has 2 aromatic rings. The van der Waals surface area contributed by atoms with Crippen molar-refractivity contribution in [2.24, 2.45) is 0 Å². The van der Waals surface area contributed by atoms with Crippen LogP contribution < -0.4 is 0 Å². The molecule has 0 bridgehead atoms. The van der Waals surface area contributed by atoms with Crippen LogP contribution in [0.4, 0.5) is 0 Å². The molecule has 0 unspecified atom stereocenters. The standard InChI is InChI=1S/C8H5BrN2OS/c9-5-4-10-8(12)11-7(5)6-2-1-3-13-6/h1-4H,(H,10,11,12). The van der Waals surface area contributed by atoms with Gasteiger partial charge in [0.05, 0.1) is 9.35 Å². The average Bonchev–Trinajstić information content (AvgIpc) is 2.61. The second kappa shape index (κ2) is 3.43. The van der Waals surface area contributed by atoms with Crippen LogP contribution in [0.25, 0.3) is 10.6 Å². The lowest BCUT2D eigenvalue weighted by Gasteiger charge is -1.99. The molecule has 0 spiro atoms. The summed E-state index contributed by atoms with van der Waals surface area (Å²) in [5.41, 5.74) is 0.725. The largest absolute Gasteiger partial charge is 0.479 e. The highest BCUT2D eigenvalue weighted by molar-refractivity contribution is 9.10. The van der Waals surface area contributed by atoms with Gasteiger partial charge in [0, 0.05) is 6.20 Å². The van der Waals surface area contributed by atoms with Gasteiger partial charge in [-0.2, -0.15) is 4.98 Å². The molecule has 0 saturated heterocycles. The molecule has 3 nitrogen and oxygen atoms in total. The number of thiophene rings is 1. The minimum atomic E-state index is -0.202. The lowest BCUT2D eigenvalue weighted by molar-refractivity contribution is 0.431. The SMILES string of the molecule is Oc1ncc(Br)c(-c2cccs2)n1. The fourth-order valence-corrected chi connectivity index (χ4v) is 2.21. The van der Waals surface area contributed by atoms with E-state index in [0.717, 1.165) is 15.0 Å². The Labute approximate surface area is 87.2 Å². The lowest BCUT2D eigenvalue weighted by Crippen LogP contribution is -1.85. The van der Waals surface area contributed by atoms with Crippen LogP contribution in [0.5, 0.6) is 6.01 Å². The summed E-state index contributed by atoms with van der Waals surface area (Å²) in [6.07, 6.45) is 1.54. The minimum Gasteiger partial charge on any atom is -0.479 e. The summed E-state index contributed by atoms with van der Waals surface area (Å²) in [5.74, 6) is 0. The second-order valence-electron chi connectivity index (χ2n) is 2.34. The number of halogens is 1. The molecule has 2 aromatic heterocycles. The lowest BCUT2D eigenvalue weighted by atomic mass is 10.3. The maximum atomic E-state index is 9.10. The van der Waals surface area contributed by atoms with Crippen molar-refractivity contribution in [1.29, 1.82) is 0 Å². The first-order valence-corrected chi connectivity index (χ1v) is 5.20. The number of hydrogen-bond donors (Lipinski definition) is 1. The highest BCUT2D eigenvalue weighted by atomic mass is 79.9. The zero-order valence-electron chi connectivity index (χ0n) is 6.44. The van der Waals surface area contributed by atoms with Crippen LogP contribution >= 0.6 is 27.3 Å². The fraction of sp³-hybridized carbons (Fsp3) is 0. The van der Waals surface area contributed by atoms with Gasteiger partial charge in [0.15, 0.2) is 0 Å². The first kappa shape index (κ1) is 8.65. The van der Waals surface area contributed by atoms with Gasteiger partial charge in [0.1, 0.15) is 5.69 Å². The number of aromatic hydroxyl groups is 1. The van der Waals surface area contributed by atoms with Crippen molar-refractivity contribution in [2.45, 2.75) is 0 Å². The van der Waals surface area contributed by atoms with Crippen LogP contribution in [-0.2, 0) is 0 Å². The molecule has 2 rings (SSSR count). The monoisotopic (exact) mass is 256 g/mol. The summed E-state index contributed by atoms with van der Waals surface area (Å²) in [7, 11) is 0. The Bertz CT molecular complexity index is 416. The number of aromatic nitrogens is 2. The maximum absolute atomic E-state index is 9.10. The molecular weight excluding hydrogens is 252 g/mol. The van der Waals surface area contributed by atoms with E-state index in [0.29, 0.717) is 0 Å². The molecule has 13 heavy (non-hydrogen) atoms. The summed E-state index contributed by atoms with van der Waals surface area (Å²) in [6, 6.07) is 3.68. The van der Waals surface area contributed by atoms with Crippen molar-refractivity contribution in [3.63, 3.8) is 0 Å². The third-order valence-electron chi connectivity index (χ3n) is 1.49. The Morgan fingerprint density at radius 1 is 1.46 bits per heavy atom. The van der Waals surface area contributed by atoms with Crippen molar-refractivity contribution >= 4 is 27.3 Å². The van der Waals surface area contributed by atoms with Crippen LogP contribution in [0.15, 0.2) is 28.2 Å². The Kier molecular flexibility index (Phi) is 2.28. The van der Waals surface area contributed by atoms with Gasteiger partial charge in [-0.15, -0.1) is 11.3 Å². The summed E-state index contributed by atoms with van der Waals surface area (Å²) >= 11 is 4.89. The van der Waals surface area contributed by atoms with Gasteiger partial charge >= 0.3 is 6.01 Å². The van der Waals surface area contributed by atoms with Crippen LogP contribution in [0.3, 0.4) is 0 Å². The molecule has 0 saturated carbocycles. The number of rotatable bonds is 1. The van der Waals surface area contributed by atoms with E-state index < -0.39 is 0 Å². The first-order chi connectivity index (χ1) is 6.27. The molecule has 0 atom stereocenters. The van der Waals surface area contributed by atoms with Crippen molar-refractivity contribution in [3.8, 4) is 16.6 Å². The van der Waals surface area contributed by atoms with Crippen LogP contribution in [-0.4, -0.2) is 15.1 Å². The van der Waals surface area contributed by atoms with Gasteiger partial charge < -0.3 is 5.11 Å². The van der Waals surface area contributed by atoms with E-state index >= 15 is 0 Å². The Balaban J connectivity index is 2.57. The Morgan fingerprint density at radius 2 is 2.31 bits per heavy atom. The van der Waals surface area contributed by atoms with Crippen molar-refractivity contribution in [1.82, 2.24) is 9.97 Å². The molecule has 0 radical (unpaired) electrons. The van der Waals surface area contributed by atoms with Gasteiger partial charge in [-0.3, -0.25) is 0 Å². The van der Waals surface area contributed by atoms with Gasteiger partial charge in [0.2, 0.25) is 0 Å². The zero-order chi connectivity index (χ0) is 9.26. The van der Waals surface area contributed by atoms with Crippen LogP contribution in [0.1, 0.15) is 0 Å². The third-order valence-corrected chi connectivity index (χ3v) is 2.94. The molecule has 5 heteroatoms. The predicted octanol–water partition coefficient (Wildman–Crippen LogP) is 2.67. The fourth-order valence-electron chi connectivity index (χ4n) is 0.944. The molecule has 2 heterocycles. The van der Waals surface area contributed by atoms with E-state index in [2.05, 4.69) is 25.9 Å². The van der Waals surface area contributed by atoms with E-state index in [1.165, 1.54) is 6.20 Å². The molecular formula is C8H5BrN2OS. The van der Waals surface area contributed by atoms with Crippen molar-refractivity contribution in [3.05, 3.63) is 28.2 Å². The molecule has 0 amide bonds. The number of nitrogens with zero attached hydrogens (tertiary/aromatic N) is 2. The average molecular weight is 257 g/mol. The topological polar surface area (TPSA) is 46.0 Å². The second-order valence-corrected chi connectivity index (χ2v) is 4.15. The van der Waals surface area contributed by atoms with E-state index in [1.807, 2.05) is 17.5 Å². The normalized spacial score (nSPS) is 10.2. The summed E-state index contributed by atoms with van der Waals surface area (Å²) < 4.78 is 0.785. The van der Waals surface area contributed by atoms with Crippen molar-refractivity contribution in [2.75, 3.05) is 0 Å². The van der Waals surface area contributed by atoms with Crippen LogP contribution in [0, 0.1) is 0 Å². The molecule has 0 aromatic carbocycles. The molecule has 0 fully saturated rings. The third kappa shape index (κ3) is 1.71. The van der Waals surface area contributed by atoms with E-state index in [4.69, 9.17) is 5.11 Å². The van der Waals surface area contributed by atoms with Crippen molar-refractivity contribution < 1.29 is 5.11 Å². The summed E-state index contributed by atoms with van der Waals surface area (Å²) in [4.78, 5) is 8.58. The predicted molar refractivity (Wildman–Crippen MR) is 54.7 cm³/mol. The van der Waals surface area contributed by atoms with Gasteiger partial charge in [-0.05, 0) is 27.4 Å². The van der Waals surface area contributed by atoms with Gasteiger partial charge in [0.25, 0.3) is 0 Å². The highest BCUT2D eigenvalue weighted by Crippen LogP contribution is 2.29. The quantitative estimate of drug-likeness (QED) is 0.854. The molecule has 0 aliphatic rings. The minimum absolute atomic E-state index is 0.202. The zero-order valence-corrected chi connectivity index (χ0v) is 8.84. The maximum Gasteiger partial charge on any atom is 0.314 e. The smallest absolute Gasteiger partial charge is 0.314 e. The van der Waals surface area contributed by atoms with Gasteiger partial charge in [-0.25, -0.2) is 4.98 Å². The van der Waals surface area contributed by atoms with Gasteiger partial charge in [-0.1, -0.05) is 6.07 Å². The molecule has 66 valence electrons. The van der Waals surface area contributed by atoms with Crippen LogP contribution in [0.2, 0.25) is 0 Å². The molecule has 1 N–H and O–H groups in total. The van der Waals surface area contributed by atoms with E-state index in [1.54, 1.807) is 11.3 Å². The van der Waals surface area contributed by atoms with E-state index in [-0.39, 0.29) is 6.01 Å². The first-order valence-electron chi connectivity index (χ1n) is 3.53. The summed E-state index contributed by atoms with van der Waals surface area (Å²) in [5, 5.41) is 11.1. The van der Waals surface area contributed by atoms with E-state index in [9.17, 15) is 0 Å². The highest BCUT2D eigenvalue weighted by Gasteiger charge is 2.07. The summed E-state index contributed by atoms with van der Waals surface area (Å²) in [6.45, 7) is 0. The number of hydrogen-bond acceptors (Lipinski definition) is 4. The molecule has 0 aliphatic heterocycles.